The molecule has 0 spiro atoms. The zero-order chi connectivity index (χ0) is 10.3. The van der Waals surface area contributed by atoms with Gasteiger partial charge >= 0.3 is 0 Å². The third-order valence-corrected chi connectivity index (χ3v) is 2.09. The molecule has 0 unspecified atom stereocenters. The summed E-state index contributed by atoms with van der Waals surface area (Å²) in [5.41, 5.74) is 0.166. The van der Waals surface area contributed by atoms with Crippen molar-refractivity contribution in [1.29, 1.82) is 5.26 Å². The van der Waals surface area contributed by atoms with E-state index in [1.807, 2.05) is 7.05 Å². The van der Waals surface area contributed by atoms with Crippen LogP contribution in [-0.2, 0) is 0 Å². The van der Waals surface area contributed by atoms with Crippen LogP contribution in [-0.4, -0.2) is 36.8 Å². The first-order chi connectivity index (χ1) is 6.02. The van der Waals surface area contributed by atoms with Crippen LogP contribution in [0.4, 0.5) is 0 Å². The highest BCUT2D eigenvalue weighted by molar-refractivity contribution is 4.79. The Morgan fingerprint density at radius 3 is 2.54 bits per heavy atom. The Labute approximate surface area is 81.0 Å². The molecule has 0 aromatic rings. The average Bonchev–Trinajstić information content (AvgIpc) is 2.00. The van der Waals surface area contributed by atoms with Crippen molar-refractivity contribution in [2.45, 2.75) is 26.7 Å². The molecule has 76 valence electrons. The second kappa shape index (κ2) is 5.95. The Bertz CT molecular complexity index is 172. The fourth-order valence-corrected chi connectivity index (χ4v) is 1.45. The molecule has 0 aliphatic heterocycles. The summed E-state index contributed by atoms with van der Waals surface area (Å²) in [6.45, 7) is 6.13. The van der Waals surface area contributed by atoms with Gasteiger partial charge in [-0.15, -0.1) is 0 Å². The maximum absolute atomic E-state index is 8.72. The van der Waals surface area contributed by atoms with E-state index in [0.29, 0.717) is 13.0 Å². The molecule has 3 nitrogen and oxygen atoms in total. The van der Waals surface area contributed by atoms with Crippen LogP contribution in [0.1, 0.15) is 26.7 Å². The van der Waals surface area contributed by atoms with E-state index in [-0.39, 0.29) is 12.0 Å². The van der Waals surface area contributed by atoms with Crippen LogP contribution in [0.3, 0.4) is 0 Å². The van der Waals surface area contributed by atoms with Crippen molar-refractivity contribution in [3.05, 3.63) is 0 Å². The van der Waals surface area contributed by atoms with E-state index in [9.17, 15) is 0 Å². The maximum atomic E-state index is 8.72. The van der Waals surface area contributed by atoms with Crippen LogP contribution in [0.25, 0.3) is 0 Å². The quantitative estimate of drug-likeness (QED) is 0.675. The van der Waals surface area contributed by atoms with Gasteiger partial charge in [-0.25, -0.2) is 0 Å². The molecule has 0 aromatic carbocycles. The monoisotopic (exact) mass is 184 g/mol. The average molecular weight is 184 g/mol. The largest absolute Gasteiger partial charge is 0.395 e. The highest BCUT2D eigenvalue weighted by atomic mass is 16.3. The number of hydrogen-bond donors (Lipinski definition) is 1. The van der Waals surface area contributed by atoms with Crippen molar-refractivity contribution in [3.8, 4) is 6.07 Å². The molecule has 0 atom stereocenters. The minimum absolute atomic E-state index is 0.166. The molecule has 0 fully saturated rings. The molecule has 0 heterocycles. The first-order valence-electron chi connectivity index (χ1n) is 4.68. The van der Waals surface area contributed by atoms with E-state index in [1.54, 1.807) is 0 Å². The summed E-state index contributed by atoms with van der Waals surface area (Å²) in [6.07, 6.45) is 1.53. The second-order valence-corrected chi connectivity index (χ2v) is 4.28. The van der Waals surface area contributed by atoms with Gasteiger partial charge in [-0.05, 0) is 18.9 Å². The smallest absolute Gasteiger partial charge is 0.0621 e. The highest BCUT2D eigenvalue weighted by Crippen LogP contribution is 2.22. The van der Waals surface area contributed by atoms with Crippen molar-refractivity contribution >= 4 is 0 Å². The number of likely N-dealkylation sites (N-methyl/N-ethyl adjacent to an activating group) is 1. The van der Waals surface area contributed by atoms with Crippen molar-refractivity contribution in [2.24, 2.45) is 5.41 Å². The van der Waals surface area contributed by atoms with E-state index in [0.717, 1.165) is 13.0 Å². The van der Waals surface area contributed by atoms with E-state index < -0.39 is 0 Å². The molecule has 0 bridgehead atoms. The van der Waals surface area contributed by atoms with Gasteiger partial charge < -0.3 is 10.0 Å². The topological polar surface area (TPSA) is 47.3 Å². The van der Waals surface area contributed by atoms with E-state index in [2.05, 4.69) is 24.8 Å². The van der Waals surface area contributed by atoms with E-state index in [1.165, 1.54) is 0 Å². The molecule has 0 aliphatic carbocycles. The number of rotatable bonds is 6. The van der Waals surface area contributed by atoms with Crippen LogP contribution >= 0.6 is 0 Å². The van der Waals surface area contributed by atoms with E-state index >= 15 is 0 Å². The summed E-state index contributed by atoms with van der Waals surface area (Å²) < 4.78 is 0. The van der Waals surface area contributed by atoms with Gasteiger partial charge in [0.25, 0.3) is 0 Å². The third-order valence-electron chi connectivity index (χ3n) is 2.09. The predicted molar refractivity (Wildman–Crippen MR) is 53.2 cm³/mol. The Kier molecular flexibility index (Phi) is 5.68. The molecule has 0 saturated heterocycles. The Morgan fingerprint density at radius 2 is 2.08 bits per heavy atom. The third kappa shape index (κ3) is 6.56. The van der Waals surface area contributed by atoms with Crippen LogP contribution < -0.4 is 0 Å². The number of aliphatic hydroxyl groups is 1. The zero-order valence-electron chi connectivity index (χ0n) is 8.88. The van der Waals surface area contributed by atoms with Gasteiger partial charge in [-0.2, -0.15) is 5.26 Å². The van der Waals surface area contributed by atoms with Gasteiger partial charge in [-0.3, -0.25) is 0 Å². The van der Waals surface area contributed by atoms with Gasteiger partial charge in [-0.1, -0.05) is 13.8 Å². The standard InChI is InChI=1S/C10H20N2O/c1-10(2,5-4-6-11)9-12(3)7-8-13/h13H,4-5,7-9H2,1-3H3. The molecule has 3 heteroatoms. The molecule has 0 amide bonds. The van der Waals surface area contributed by atoms with Gasteiger partial charge in [0.2, 0.25) is 0 Å². The first kappa shape index (κ1) is 12.4. The summed E-state index contributed by atoms with van der Waals surface area (Å²) in [6, 6.07) is 2.16. The zero-order valence-corrected chi connectivity index (χ0v) is 8.88. The number of nitriles is 1. The fourth-order valence-electron chi connectivity index (χ4n) is 1.45. The summed E-state index contributed by atoms with van der Waals surface area (Å²) in [7, 11) is 1.99. The molecular formula is C10H20N2O. The lowest BCUT2D eigenvalue weighted by atomic mass is 9.87. The first-order valence-corrected chi connectivity index (χ1v) is 4.68. The lowest BCUT2D eigenvalue weighted by Gasteiger charge is -2.29. The van der Waals surface area contributed by atoms with Gasteiger partial charge in [0.15, 0.2) is 0 Å². The van der Waals surface area contributed by atoms with Gasteiger partial charge in [0.1, 0.15) is 0 Å². The van der Waals surface area contributed by atoms with Crippen LogP contribution in [0.5, 0.6) is 0 Å². The minimum atomic E-state index is 0.166. The summed E-state index contributed by atoms with van der Waals surface area (Å²) in [5, 5.41) is 17.2. The van der Waals surface area contributed by atoms with Crippen molar-refractivity contribution in [2.75, 3.05) is 26.7 Å². The van der Waals surface area contributed by atoms with Gasteiger partial charge in [0, 0.05) is 19.5 Å². The van der Waals surface area contributed by atoms with Crippen molar-refractivity contribution < 1.29 is 5.11 Å². The number of aliphatic hydroxyl groups excluding tert-OH is 1. The maximum Gasteiger partial charge on any atom is 0.0621 e. The van der Waals surface area contributed by atoms with Crippen molar-refractivity contribution in [3.63, 3.8) is 0 Å². The van der Waals surface area contributed by atoms with Gasteiger partial charge in [0.05, 0.1) is 12.7 Å². The molecule has 0 radical (unpaired) electrons. The number of nitrogens with zero attached hydrogens (tertiary/aromatic N) is 2. The normalized spacial score (nSPS) is 11.7. The summed E-state index contributed by atoms with van der Waals surface area (Å²) in [4.78, 5) is 2.09. The molecule has 0 aliphatic rings. The van der Waals surface area contributed by atoms with Crippen molar-refractivity contribution in [1.82, 2.24) is 4.90 Å². The molecule has 0 saturated carbocycles. The molecule has 13 heavy (non-hydrogen) atoms. The highest BCUT2D eigenvalue weighted by Gasteiger charge is 2.19. The second-order valence-electron chi connectivity index (χ2n) is 4.28. The minimum Gasteiger partial charge on any atom is -0.395 e. The van der Waals surface area contributed by atoms with Crippen LogP contribution in [0.2, 0.25) is 0 Å². The SMILES string of the molecule is CN(CCO)CC(C)(C)CCC#N. The molecule has 0 aromatic heterocycles. The summed E-state index contributed by atoms with van der Waals surface area (Å²) in [5.74, 6) is 0. The predicted octanol–water partition coefficient (Wildman–Crippen LogP) is 1.24. The molecule has 1 N–H and O–H groups in total. The molecular weight excluding hydrogens is 164 g/mol. The Morgan fingerprint density at radius 1 is 1.46 bits per heavy atom. The lowest BCUT2D eigenvalue weighted by Crippen LogP contribution is -2.33. The Hall–Kier alpha value is -0.590. The number of hydrogen-bond acceptors (Lipinski definition) is 3. The Balaban J connectivity index is 3.80. The lowest BCUT2D eigenvalue weighted by molar-refractivity contribution is 0.164. The van der Waals surface area contributed by atoms with Crippen LogP contribution in [0.15, 0.2) is 0 Å². The fraction of sp³-hybridized carbons (Fsp3) is 0.900. The van der Waals surface area contributed by atoms with E-state index in [4.69, 9.17) is 10.4 Å². The molecule has 0 rings (SSSR count). The van der Waals surface area contributed by atoms with Crippen LogP contribution in [0, 0.1) is 16.7 Å². The summed E-state index contributed by atoms with van der Waals surface area (Å²) >= 11 is 0.